The molecule has 2 aromatic carbocycles. The zero-order chi connectivity index (χ0) is 21.0. The zero-order valence-electron chi connectivity index (χ0n) is 18.1. The van der Waals surface area contributed by atoms with Crippen LogP contribution in [0.2, 0.25) is 0 Å². The fourth-order valence-corrected chi connectivity index (χ4v) is 5.03. The van der Waals surface area contributed by atoms with E-state index >= 15 is 0 Å². The molecule has 0 radical (unpaired) electrons. The number of aromatic nitrogens is 2. The molecule has 6 heteroatoms. The van der Waals surface area contributed by atoms with Crippen molar-refractivity contribution in [1.29, 1.82) is 0 Å². The van der Waals surface area contributed by atoms with Gasteiger partial charge in [0.2, 0.25) is 5.91 Å². The molecule has 1 atom stereocenters. The van der Waals surface area contributed by atoms with Gasteiger partial charge < -0.3 is 14.4 Å². The van der Waals surface area contributed by atoms with Crippen molar-refractivity contribution in [2.45, 2.75) is 31.8 Å². The average Bonchev–Trinajstić information content (AvgIpc) is 3.26. The Bertz CT molecular complexity index is 1010. The van der Waals surface area contributed by atoms with Gasteiger partial charge in [-0.2, -0.15) is 0 Å². The number of amides is 1. The number of hydrogen-bond acceptors (Lipinski definition) is 4. The van der Waals surface area contributed by atoms with Gasteiger partial charge in [-0.05, 0) is 37.1 Å². The van der Waals surface area contributed by atoms with Crippen molar-refractivity contribution in [3.05, 3.63) is 60.9 Å². The Labute approximate surface area is 184 Å². The van der Waals surface area contributed by atoms with E-state index in [0.717, 1.165) is 56.7 Å². The van der Waals surface area contributed by atoms with Gasteiger partial charge in [0.25, 0.3) is 0 Å². The van der Waals surface area contributed by atoms with Crippen LogP contribution in [0.25, 0.3) is 11.0 Å². The summed E-state index contributed by atoms with van der Waals surface area (Å²) in [5.41, 5.74) is 3.40. The molecule has 2 aliphatic rings. The van der Waals surface area contributed by atoms with Crippen molar-refractivity contribution in [3.63, 3.8) is 0 Å². The summed E-state index contributed by atoms with van der Waals surface area (Å²) in [5.74, 6) is 0.269. The predicted molar refractivity (Wildman–Crippen MR) is 124 cm³/mol. The quantitative estimate of drug-likeness (QED) is 0.639. The van der Waals surface area contributed by atoms with Crippen molar-refractivity contribution < 1.29 is 4.79 Å². The molecule has 0 spiro atoms. The van der Waals surface area contributed by atoms with Gasteiger partial charge in [-0.1, -0.05) is 30.3 Å². The van der Waals surface area contributed by atoms with Gasteiger partial charge in [-0.15, -0.1) is 0 Å². The van der Waals surface area contributed by atoms with Crippen LogP contribution >= 0.6 is 0 Å². The van der Waals surface area contributed by atoms with Crippen LogP contribution in [0.1, 0.15) is 19.3 Å². The van der Waals surface area contributed by atoms with E-state index in [-0.39, 0.29) is 5.91 Å². The maximum Gasteiger partial charge on any atom is 0.224 e. The second-order valence-electron chi connectivity index (χ2n) is 8.67. The molecule has 31 heavy (non-hydrogen) atoms. The van der Waals surface area contributed by atoms with Gasteiger partial charge in [-0.3, -0.25) is 9.69 Å². The first-order chi connectivity index (χ1) is 15.3. The summed E-state index contributed by atoms with van der Waals surface area (Å²) < 4.78 is 2.09. The van der Waals surface area contributed by atoms with Gasteiger partial charge in [0, 0.05) is 64.0 Å². The number of fused-ring (bicyclic) bond motifs is 1. The Morgan fingerprint density at radius 2 is 1.71 bits per heavy atom. The molecular formula is C25H31N5O. The van der Waals surface area contributed by atoms with E-state index in [1.807, 2.05) is 24.5 Å². The second-order valence-corrected chi connectivity index (χ2v) is 8.67. The summed E-state index contributed by atoms with van der Waals surface area (Å²) in [7, 11) is 0. The molecule has 2 saturated heterocycles. The van der Waals surface area contributed by atoms with Crippen LogP contribution in [-0.4, -0.2) is 70.6 Å². The fourth-order valence-electron chi connectivity index (χ4n) is 5.03. The van der Waals surface area contributed by atoms with Gasteiger partial charge in [-0.25, -0.2) is 4.98 Å². The minimum absolute atomic E-state index is 0.269. The largest absolute Gasteiger partial charge is 0.369 e. The third-order valence-corrected chi connectivity index (χ3v) is 6.80. The molecule has 6 nitrogen and oxygen atoms in total. The first-order valence-corrected chi connectivity index (χ1v) is 11.5. The Hall–Kier alpha value is -2.86. The van der Waals surface area contributed by atoms with E-state index in [1.54, 1.807) is 0 Å². The summed E-state index contributed by atoms with van der Waals surface area (Å²) in [6, 6.07) is 19.3. The molecule has 1 amide bonds. The molecule has 3 aromatic rings. The minimum atomic E-state index is 0.269. The average molecular weight is 418 g/mol. The lowest BCUT2D eigenvalue weighted by Crippen LogP contribution is -2.55. The highest BCUT2D eigenvalue weighted by atomic mass is 16.2. The van der Waals surface area contributed by atoms with Crippen LogP contribution in [0.15, 0.2) is 60.9 Å². The number of imidazole rings is 1. The van der Waals surface area contributed by atoms with E-state index in [0.29, 0.717) is 19.0 Å². The number of para-hydroxylation sites is 3. The summed E-state index contributed by atoms with van der Waals surface area (Å²) in [4.78, 5) is 24.6. The van der Waals surface area contributed by atoms with E-state index in [1.165, 1.54) is 12.1 Å². The molecule has 0 N–H and O–H groups in total. The lowest BCUT2D eigenvalue weighted by Gasteiger charge is -2.44. The van der Waals surface area contributed by atoms with Crippen LogP contribution in [0, 0.1) is 0 Å². The zero-order valence-corrected chi connectivity index (χ0v) is 18.1. The minimum Gasteiger partial charge on any atom is -0.369 e. The predicted octanol–water partition coefficient (Wildman–Crippen LogP) is 3.24. The molecule has 2 aliphatic heterocycles. The van der Waals surface area contributed by atoms with Gasteiger partial charge in [0.15, 0.2) is 0 Å². The molecule has 162 valence electrons. The number of carbonyl (C=O) groups excluding carboxylic acids is 1. The highest BCUT2D eigenvalue weighted by Crippen LogP contribution is 2.21. The number of anilines is 1. The first-order valence-electron chi connectivity index (χ1n) is 11.5. The number of aryl methyl sites for hydroxylation is 1. The van der Waals surface area contributed by atoms with Gasteiger partial charge in [0.1, 0.15) is 0 Å². The number of nitrogens with zero attached hydrogens (tertiary/aromatic N) is 5. The topological polar surface area (TPSA) is 44.6 Å². The van der Waals surface area contributed by atoms with E-state index in [9.17, 15) is 4.79 Å². The van der Waals surface area contributed by atoms with Crippen LogP contribution in [0.5, 0.6) is 0 Å². The smallest absolute Gasteiger partial charge is 0.224 e. The summed E-state index contributed by atoms with van der Waals surface area (Å²) in [6.07, 6.45) is 4.68. The van der Waals surface area contributed by atoms with E-state index < -0.39 is 0 Å². The number of piperazine rings is 1. The highest BCUT2D eigenvalue weighted by molar-refractivity contribution is 5.77. The normalized spacial score (nSPS) is 20.3. The monoisotopic (exact) mass is 417 g/mol. The van der Waals surface area contributed by atoms with Crippen molar-refractivity contribution in [2.75, 3.05) is 44.2 Å². The lowest BCUT2D eigenvalue weighted by molar-refractivity contribution is -0.133. The molecule has 0 saturated carbocycles. The number of carbonyl (C=O) groups is 1. The van der Waals surface area contributed by atoms with Gasteiger partial charge in [0.05, 0.1) is 17.4 Å². The van der Waals surface area contributed by atoms with E-state index in [4.69, 9.17) is 0 Å². The third-order valence-electron chi connectivity index (χ3n) is 6.80. The molecule has 0 aliphatic carbocycles. The second kappa shape index (κ2) is 9.10. The number of likely N-dealkylation sites (tertiary alicyclic amines) is 1. The van der Waals surface area contributed by atoms with Crippen molar-refractivity contribution in [1.82, 2.24) is 19.4 Å². The molecule has 0 bridgehead atoms. The summed E-state index contributed by atoms with van der Waals surface area (Å²) >= 11 is 0. The molecule has 5 rings (SSSR count). The van der Waals surface area contributed by atoms with E-state index in [2.05, 4.69) is 60.6 Å². The molecular weight excluding hydrogens is 386 g/mol. The molecule has 2 fully saturated rings. The number of piperidine rings is 1. The maximum absolute atomic E-state index is 13.0. The molecule has 1 unspecified atom stereocenters. The molecule has 3 heterocycles. The Morgan fingerprint density at radius 3 is 2.55 bits per heavy atom. The first kappa shape index (κ1) is 20.1. The SMILES string of the molecule is O=C(CCn1cnc2ccccc21)N1CCCC(N2CCN(c3ccccc3)CC2)C1. The molecule has 1 aromatic heterocycles. The summed E-state index contributed by atoms with van der Waals surface area (Å²) in [5, 5.41) is 0. The van der Waals surface area contributed by atoms with Crippen molar-refractivity contribution in [2.24, 2.45) is 0 Å². The van der Waals surface area contributed by atoms with Crippen molar-refractivity contribution >= 4 is 22.6 Å². The standard InChI is InChI=1S/C25H31N5O/c31-25(12-14-30-20-26-23-10-4-5-11-24(23)30)29-13-6-9-22(19-29)28-17-15-27(16-18-28)21-7-2-1-3-8-21/h1-5,7-8,10-11,20,22H,6,9,12-19H2. The Kier molecular flexibility index (Phi) is 5.89. The van der Waals surface area contributed by atoms with Crippen LogP contribution in [0.3, 0.4) is 0 Å². The maximum atomic E-state index is 13.0. The van der Waals surface area contributed by atoms with Crippen LogP contribution in [-0.2, 0) is 11.3 Å². The summed E-state index contributed by atoms with van der Waals surface area (Å²) in [6.45, 7) is 6.71. The Morgan fingerprint density at radius 1 is 0.935 bits per heavy atom. The fraction of sp³-hybridized carbons (Fsp3) is 0.440. The highest BCUT2D eigenvalue weighted by Gasteiger charge is 2.29. The van der Waals surface area contributed by atoms with Gasteiger partial charge >= 0.3 is 0 Å². The number of rotatable bonds is 5. The number of hydrogen-bond donors (Lipinski definition) is 0. The van der Waals surface area contributed by atoms with Crippen LogP contribution < -0.4 is 4.90 Å². The Balaban J connectivity index is 1.14. The van der Waals surface area contributed by atoms with Crippen LogP contribution in [0.4, 0.5) is 5.69 Å². The number of benzene rings is 2. The third kappa shape index (κ3) is 4.44. The lowest BCUT2D eigenvalue weighted by atomic mass is 10.0. The van der Waals surface area contributed by atoms with Crippen molar-refractivity contribution in [3.8, 4) is 0 Å².